The molecule has 2 nitrogen and oxygen atoms in total. The van der Waals surface area contributed by atoms with E-state index in [-0.39, 0.29) is 6.04 Å². The minimum atomic E-state index is 0.242. The molecule has 1 aliphatic carbocycles. The first-order chi connectivity index (χ1) is 8.24. The third-order valence-corrected chi connectivity index (χ3v) is 4.48. The molecule has 0 aliphatic heterocycles. The predicted octanol–water partition coefficient (Wildman–Crippen LogP) is 3.53. The standard InChI is InChI=1S/C14H16N2S/c1-9-6-11(8-16-7-9)12-4-5-13(17-12)14(15)10-2-3-10/h4-8,10,14H,2-3,15H2,1H3. The van der Waals surface area contributed by atoms with E-state index in [4.69, 9.17) is 5.73 Å². The van der Waals surface area contributed by atoms with Crippen LogP contribution in [0.25, 0.3) is 10.4 Å². The molecule has 2 aromatic heterocycles. The van der Waals surface area contributed by atoms with Crippen molar-refractivity contribution < 1.29 is 0 Å². The number of nitrogens with two attached hydrogens (primary N) is 1. The maximum atomic E-state index is 6.22. The van der Waals surface area contributed by atoms with Crippen LogP contribution < -0.4 is 5.73 Å². The second-order valence-corrected chi connectivity index (χ2v) is 5.93. The maximum Gasteiger partial charge on any atom is 0.0418 e. The van der Waals surface area contributed by atoms with Crippen molar-refractivity contribution in [1.82, 2.24) is 4.98 Å². The van der Waals surface area contributed by atoms with Gasteiger partial charge in [0.2, 0.25) is 0 Å². The highest BCUT2D eigenvalue weighted by molar-refractivity contribution is 7.15. The number of hydrogen-bond acceptors (Lipinski definition) is 3. The van der Waals surface area contributed by atoms with Gasteiger partial charge in [0, 0.05) is 33.8 Å². The van der Waals surface area contributed by atoms with Crippen LogP contribution in [0.5, 0.6) is 0 Å². The summed E-state index contributed by atoms with van der Waals surface area (Å²) in [5, 5.41) is 0. The molecule has 0 saturated heterocycles. The summed E-state index contributed by atoms with van der Waals surface area (Å²) in [6.07, 6.45) is 6.39. The zero-order valence-corrected chi connectivity index (χ0v) is 10.7. The van der Waals surface area contributed by atoms with Gasteiger partial charge in [0.1, 0.15) is 0 Å². The largest absolute Gasteiger partial charge is 0.323 e. The van der Waals surface area contributed by atoms with Gasteiger partial charge in [-0.1, -0.05) is 0 Å². The Bertz CT molecular complexity index is 529. The van der Waals surface area contributed by atoms with Crippen molar-refractivity contribution >= 4 is 11.3 Å². The van der Waals surface area contributed by atoms with Gasteiger partial charge in [-0.2, -0.15) is 0 Å². The van der Waals surface area contributed by atoms with Gasteiger partial charge in [-0.15, -0.1) is 11.3 Å². The summed E-state index contributed by atoms with van der Waals surface area (Å²) in [5.41, 5.74) is 8.61. The van der Waals surface area contributed by atoms with Crippen molar-refractivity contribution in [2.75, 3.05) is 0 Å². The van der Waals surface area contributed by atoms with Gasteiger partial charge in [0.25, 0.3) is 0 Å². The SMILES string of the molecule is Cc1cncc(-c2ccc(C(N)C3CC3)s2)c1. The van der Waals surface area contributed by atoms with Crippen molar-refractivity contribution in [2.45, 2.75) is 25.8 Å². The molecule has 2 heterocycles. The lowest BCUT2D eigenvalue weighted by molar-refractivity contribution is 0.645. The smallest absolute Gasteiger partial charge is 0.0418 e. The van der Waals surface area contributed by atoms with Crippen LogP contribution in [0.3, 0.4) is 0 Å². The van der Waals surface area contributed by atoms with E-state index in [1.807, 2.05) is 12.4 Å². The first-order valence-electron chi connectivity index (χ1n) is 6.01. The summed E-state index contributed by atoms with van der Waals surface area (Å²) in [4.78, 5) is 6.82. The molecule has 0 aromatic carbocycles. The third kappa shape index (κ3) is 2.26. The topological polar surface area (TPSA) is 38.9 Å². The molecule has 2 aromatic rings. The highest BCUT2D eigenvalue weighted by atomic mass is 32.1. The van der Waals surface area contributed by atoms with Crippen molar-refractivity contribution in [3.63, 3.8) is 0 Å². The summed E-state index contributed by atoms with van der Waals surface area (Å²) in [6.45, 7) is 2.07. The lowest BCUT2D eigenvalue weighted by Crippen LogP contribution is -2.10. The van der Waals surface area contributed by atoms with E-state index >= 15 is 0 Å². The molecule has 1 atom stereocenters. The second-order valence-electron chi connectivity index (χ2n) is 4.82. The molecule has 2 N–H and O–H groups in total. The van der Waals surface area contributed by atoms with Crippen LogP contribution in [0.2, 0.25) is 0 Å². The molecule has 3 rings (SSSR count). The lowest BCUT2D eigenvalue weighted by atomic mass is 10.1. The summed E-state index contributed by atoms with van der Waals surface area (Å²) in [6, 6.07) is 6.75. The molecule has 0 bridgehead atoms. The zero-order valence-electron chi connectivity index (χ0n) is 9.89. The van der Waals surface area contributed by atoms with Crippen LogP contribution in [0.1, 0.15) is 29.3 Å². The Hall–Kier alpha value is -1.19. The number of pyridine rings is 1. The number of rotatable bonds is 3. The fourth-order valence-electron chi connectivity index (χ4n) is 2.06. The summed E-state index contributed by atoms with van der Waals surface area (Å²) < 4.78 is 0. The van der Waals surface area contributed by atoms with Gasteiger partial charge in [0.15, 0.2) is 0 Å². The number of aryl methyl sites for hydroxylation is 1. The van der Waals surface area contributed by atoms with Crippen molar-refractivity contribution in [3.8, 4) is 10.4 Å². The molecular formula is C14H16N2S. The van der Waals surface area contributed by atoms with E-state index in [1.165, 1.54) is 33.7 Å². The Morgan fingerprint density at radius 1 is 1.35 bits per heavy atom. The van der Waals surface area contributed by atoms with Crippen LogP contribution in [0, 0.1) is 12.8 Å². The highest BCUT2D eigenvalue weighted by Gasteiger charge is 2.30. The van der Waals surface area contributed by atoms with Crippen molar-refractivity contribution in [1.29, 1.82) is 0 Å². The molecule has 1 unspecified atom stereocenters. The molecule has 1 saturated carbocycles. The molecule has 0 amide bonds. The van der Waals surface area contributed by atoms with E-state index in [0.717, 1.165) is 5.92 Å². The number of nitrogens with zero attached hydrogens (tertiary/aromatic N) is 1. The molecule has 3 heteroatoms. The Morgan fingerprint density at radius 2 is 2.18 bits per heavy atom. The summed E-state index contributed by atoms with van der Waals surface area (Å²) >= 11 is 1.81. The van der Waals surface area contributed by atoms with Gasteiger partial charge in [-0.25, -0.2) is 0 Å². The Kier molecular flexibility index (Phi) is 2.73. The minimum absolute atomic E-state index is 0.242. The number of thiophene rings is 1. The van der Waals surface area contributed by atoms with Crippen LogP contribution >= 0.6 is 11.3 Å². The zero-order chi connectivity index (χ0) is 11.8. The molecular weight excluding hydrogens is 228 g/mol. The highest BCUT2D eigenvalue weighted by Crippen LogP contribution is 2.42. The molecule has 1 fully saturated rings. The predicted molar refractivity (Wildman–Crippen MR) is 71.9 cm³/mol. The first kappa shape index (κ1) is 10.9. The van der Waals surface area contributed by atoms with Gasteiger partial charge in [-0.3, -0.25) is 4.98 Å². The fourth-order valence-corrected chi connectivity index (χ4v) is 3.15. The van der Waals surface area contributed by atoms with E-state index in [2.05, 4.69) is 30.1 Å². The van der Waals surface area contributed by atoms with Gasteiger partial charge < -0.3 is 5.73 Å². The van der Waals surface area contributed by atoms with Crippen LogP contribution in [-0.2, 0) is 0 Å². The average molecular weight is 244 g/mol. The molecule has 0 radical (unpaired) electrons. The average Bonchev–Trinajstić information content (AvgIpc) is 3.05. The Morgan fingerprint density at radius 3 is 2.88 bits per heavy atom. The van der Waals surface area contributed by atoms with E-state index in [1.54, 1.807) is 11.3 Å². The van der Waals surface area contributed by atoms with Crippen LogP contribution in [-0.4, -0.2) is 4.98 Å². The first-order valence-corrected chi connectivity index (χ1v) is 6.83. The van der Waals surface area contributed by atoms with E-state index in [0.29, 0.717) is 0 Å². The van der Waals surface area contributed by atoms with Gasteiger partial charge >= 0.3 is 0 Å². The fraction of sp³-hybridized carbons (Fsp3) is 0.357. The van der Waals surface area contributed by atoms with Crippen LogP contribution in [0.4, 0.5) is 0 Å². The van der Waals surface area contributed by atoms with Gasteiger partial charge in [-0.05, 0) is 49.4 Å². The third-order valence-electron chi connectivity index (χ3n) is 3.24. The Balaban J connectivity index is 1.89. The number of hydrogen-bond donors (Lipinski definition) is 1. The second kappa shape index (κ2) is 4.24. The molecule has 1 aliphatic rings. The minimum Gasteiger partial charge on any atom is -0.323 e. The maximum absolute atomic E-state index is 6.22. The van der Waals surface area contributed by atoms with Crippen LogP contribution in [0.15, 0.2) is 30.6 Å². The van der Waals surface area contributed by atoms with E-state index < -0.39 is 0 Å². The summed E-state index contributed by atoms with van der Waals surface area (Å²) in [7, 11) is 0. The normalized spacial score (nSPS) is 17.1. The van der Waals surface area contributed by atoms with E-state index in [9.17, 15) is 0 Å². The lowest BCUT2D eigenvalue weighted by Gasteiger charge is -2.06. The van der Waals surface area contributed by atoms with Gasteiger partial charge in [0.05, 0.1) is 0 Å². The molecule has 88 valence electrons. The quantitative estimate of drug-likeness (QED) is 0.897. The monoisotopic (exact) mass is 244 g/mol. The molecule has 0 spiro atoms. The Labute approximate surface area is 106 Å². The van der Waals surface area contributed by atoms with Crippen molar-refractivity contribution in [3.05, 3.63) is 41.0 Å². The summed E-state index contributed by atoms with van der Waals surface area (Å²) in [5.74, 6) is 0.720. The molecule has 17 heavy (non-hydrogen) atoms. The van der Waals surface area contributed by atoms with Crippen molar-refractivity contribution in [2.24, 2.45) is 11.7 Å². The number of aromatic nitrogens is 1.